The van der Waals surface area contributed by atoms with Gasteiger partial charge in [0.25, 0.3) is 0 Å². The van der Waals surface area contributed by atoms with Gasteiger partial charge in [0.05, 0.1) is 0 Å². The monoisotopic (exact) mass is 324 g/mol. The predicted molar refractivity (Wildman–Crippen MR) is 94.4 cm³/mol. The molecule has 1 aromatic carbocycles. The van der Waals surface area contributed by atoms with Crippen molar-refractivity contribution in [2.75, 3.05) is 13.1 Å². The lowest BCUT2D eigenvalue weighted by atomic mass is 9.85. The van der Waals surface area contributed by atoms with Gasteiger partial charge in [-0.2, -0.15) is 0 Å². The predicted octanol–water partition coefficient (Wildman–Crippen LogP) is 3.33. The average molecular weight is 325 g/mol. The second-order valence-corrected chi connectivity index (χ2v) is 6.72. The van der Waals surface area contributed by atoms with Crippen molar-refractivity contribution in [2.24, 2.45) is 5.41 Å². The quantitative estimate of drug-likeness (QED) is 0.842. The Balaban J connectivity index is 0.00000242. The summed E-state index contributed by atoms with van der Waals surface area (Å²) >= 11 is 0. The van der Waals surface area contributed by atoms with E-state index in [-0.39, 0.29) is 23.7 Å². The summed E-state index contributed by atoms with van der Waals surface area (Å²) in [5.74, 6) is 0.211. The molecule has 0 aromatic heterocycles. The molecule has 3 nitrogen and oxygen atoms in total. The molecule has 22 heavy (non-hydrogen) atoms. The first-order chi connectivity index (χ1) is 10.1. The summed E-state index contributed by atoms with van der Waals surface area (Å²) in [5.41, 5.74) is 1.08. The maximum atomic E-state index is 12.4. The second-order valence-electron chi connectivity index (χ2n) is 6.72. The Bertz CT molecular complexity index is 442. The Labute approximate surface area is 140 Å². The van der Waals surface area contributed by atoms with Crippen LogP contribution in [0.3, 0.4) is 0 Å². The summed E-state index contributed by atoms with van der Waals surface area (Å²) < 4.78 is 0. The number of rotatable bonds is 6. The van der Waals surface area contributed by atoms with Gasteiger partial charge in [-0.1, -0.05) is 44.2 Å². The Morgan fingerprint density at radius 1 is 1.23 bits per heavy atom. The van der Waals surface area contributed by atoms with Gasteiger partial charge in [0.15, 0.2) is 0 Å². The fourth-order valence-corrected chi connectivity index (χ4v) is 2.84. The molecule has 0 spiro atoms. The van der Waals surface area contributed by atoms with Crippen LogP contribution in [0.5, 0.6) is 0 Å². The van der Waals surface area contributed by atoms with E-state index in [0.29, 0.717) is 6.04 Å². The Morgan fingerprint density at radius 2 is 1.86 bits per heavy atom. The van der Waals surface area contributed by atoms with Crippen LogP contribution in [0, 0.1) is 5.41 Å². The van der Waals surface area contributed by atoms with Crippen molar-refractivity contribution >= 4 is 18.3 Å². The zero-order chi connectivity index (χ0) is 15.1. The van der Waals surface area contributed by atoms with Crippen molar-refractivity contribution in [3.05, 3.63) is 35.9 Å². The SMILES string of the molecule is CC(C)(CCCc1ccccc1)C(=O)NC1CCNCC1.Cl. The van der Waals surface area contributed by atoms with E-state index in [1.54, 1.807) is 0 Å². The third-order valence-corrected chi connectivity index (χ3v) is 4.40. The van der Waals surface area contributed by atoms with E-state index in [1.807, 2.05) is 6.07 Å². The summed E-state index contributed by atoms with van der Waals surface area (Å²) in [6.45, 7) is 6.15. The van der Waals surface area contributed by atoms with E-state index in [1.165, 1.54) is 5.56 Å². The smallest absolute Gasteiger partial charge is 0.225 e. The molecule has 1 amide bonds. The minimum atomic E-state index is -0.278. The summed E-state index contributed by atoms with van der Waals surface area (Å²) in [7, 11) is 0. The van der Waals surface area contributed by atoms with Crippen molar-refractivity contribution in [3.8, 4) is 0 Å². The molecule has 1 saturated heterocycles. The summed E-state index contributed by atoms with van der Waals surface area (Å²) in [5, 5.41) is 6.56. The Kier molecular flexibility index (Phi) is 7.91. The first kappa shape index (κ1) is 19.0. The molecule has 0 saturated carbocycles. The highest BCUT2D eigenvalue weighted by atomic mass is 35.5. The topological polar surface area (TPSA) is 41.1 Å². The number of carbonyl (C=O) groups excluding carboxylic acids is 1. The van der Waals surface area contributed by atoms with E-state index < -0.39 is 0 Å². The van der Waals surface area contributed by atoms with Gasteiger partial charge in [0.2, 0.25) is 5.91 Å². The average Bonchev–Trinajstić information content (AvgIpc) is 2.49. The standard InChI is InChI=1S/C18H28N2O.ClH/c1-18(2,12-6-9-15-7-4-3-5-8-15)17(21)20-16-10-13-19-14-11-16;/h3-5,7-8,16,19H,6,9-14H2,1-2H3,(H,20,21);1H. The number of aryl methyl sites for hydroxylation is 1. The molecule has 2 rings (SSSR count). The van der Waals surface area contributed by atoms with Crippen molar-refractivity contribution in [2.45, 2.75) is 52.0 Å². The third-order valence-electron chi connectivity index (χ3n) is 4.40. The number of amides is 1. The molecule has 4 heteroatoms. The van der Waals surface area contributed by atoms with Crippen LogP contribution < -0.4 is 10.6 Å². The van der Waals surface area contributed by atoms with Crippen LogP contribution in [0.15, 0.2) is 30.3 Å². The molecule has 1 fully saturated rings. The van der Waals surface area contributed by atoms with Crippen LogP contribution in [-0.4, -0.2) is 25.0 Å². The molecule has 0 bridgehead atoms. The van der Waals surface area contributed by atoms with Gasteiger partial charge in [-0.05, 0) is 50.8 Å². The number of halogens is 1. The van der Waals surface area contributed by atoms with Crippen LogP contribution in [0.25, 0.3) is 0 Å². The van der Waals surface area contributed by atoms with Crippen LogP contribution in [-0.2, 0) is 11.2 Å². The van der Waals surface area contributed by atoms with Crippen LogP contribution in [0.1, 0.15) is 45.1 Å². The number of hydrogen-bond donors (Lipinski definition) is 2. The maximum absolute atomic E-state index is 12.4. The summed E-state index contributed by atoms with van der Waals surface area (Å²) in [6.07, 6.45) is 5.12. The lowest BCUT2D eigenvalue weighted by Gasteiger charge is -2.29. The number of nitrogens with one attached hydrogen (secondary N) is 2. The molecule has 0 unspecified atom stereocenters. The van der Waals surface area contributed by atoms with E-state index in [9.17, 15) is 4.79 Å². The minimum absolute atomic E-state index is 0. The zero-order valence-corrected chi connectivity index (χ0v) is 14.5. The van der Waals surface area contributed by atoms with Crippen molar-refractivity contribution in [1.82, 2.24) is 10.6 Å². The fraction of sp³-hybridized carbons (Fsp3) is 0.611. The first-order valence-corrected chi connectivity index (χ1v) is 8.13. The number of benzene rings is 1. The maximum Gasteiger partial charge on any atom is 0.225 e. The highest BCUT2D eigenvalue weighted by Gasteiger charge is 2.29. The Hall–Kier alpha value is -1.06. The number of piperidine rings is 1. The van der Waals surface area contributed by atoms with Gasteiger partial charge < -0.3 is 10.6 Å². The normalized spacial score (nSPS) is 15.9. The molecule has 1 aromatic rings. The Morgan fingerprint density at radius 3 is 2.50 bits per heavy atom. The highest BCUT2D eigenvalue weighted by molar-refractivity contribution is 5.85. The van der Waals surface area contributed by atoms with Gasteiger partial charge in [-0.3, -0.25) is 4.79 Å². The molecule has 124 valence electrons. The first-order valence-electron chi connectivity index (χ1n) is 8.13. The fourth-order valence-electron chi connectivity index (χ4n) is 2.84. The van der Waals surface area contributed by atoms with Gasteiger partial charge >= 0.3 is 0 Å². The van der Waals surface area contributed by atoms with Crippen LogP contribution in [0.2, 0.25) is 0 Å². The molecule has 0 radical (unpaired) electrons. The van der Waals surface area contributed by atoms with Crippen molar-refractivity contribution in [1.29, 1.82) is 0 Å². The molecule has 0 atom stereocenters. The second kappa shape index (κ2) is 9.16. The largest absolute Gasteiger partial charge is 0.353 e. The van der Waals surface area contributed by atoms with E-state index >= 15 is 0 Å². The third kappa shape index (κ3) is 5.98. The van der Waals surface area contributed by atoms with Gasteiger partial charge in [-0.25, -0.2) is 0 Å². The van der Waals surface area contributed by atoms with Crippen LogP contribution in [0.4, 0.5) is 0 Å². The van der Waals surface area contributed by atoms with Gasteiger partial charge in [0.1, 0.15) is 0 Å². The molecule has 1 aliphatic heterocycles. The molecular weight excluding hydrogens is 296 g/mol. The molecule has 2 N–H and O–H groups in total. The van der Waals surface area contributed by atoms with Crippen LogP contribution >= 0.6 is 12.4 Å². The summed E-state index contributed by atoms with van der Waals surface area (Å²) in [6, 6.07) is 10.9. The van der Waals surface area contributed by atoms with Crippen molar-refractivity contribution in [3.63, 3.8) is 0 Å². The lowest BCUT2D eigenvalue weighted by Crippen LogP contribution is -2.47. The van der Waals surface area contributed by atoms with E-state index in [0.717, 1.165) is 45.2 Å². The minimum Gasteiger partial charge on any atom is -0.353 e. The number of hydrogen-bond acceptors (Lipinski definition) is 2. The van der Waals surface area contributed by atoms with E-state index in [2.05, 4.69) is 48.7 Å². The van der Waals surface area contributed by atoms with Gasteiger partial charge in [0, 0.05) is 11.5 Å². The molecular formula is C18H29ClN2O. The molecule has 1 heterocycles. The summed E-state index contributed by atoms with van der Waals surface area (Å²) in [4.78, 5) is 12.4. The highest BCUT2D eigenvalue weighted by Crippen LogP contribution is 2.24. The van der Waals surface area contributed by atoms with Crippen molar-refractivity contribution < 1.29 is 4.79 Å². The zero-order valence-electron chi connectivity index (χ0n) is 13.7. The van der Waals surface area contributed by atoms with E-state index in [4.69, 9.17) is 0 Å². The molecule has 1 aliphatic rings. The molecule has 0 aliphatic carbocycles. The number of carbonyl (C=O) groups is 1. The van der Waals surface area contributed by atoms with Gasteiger partial charge in [-0.15, -0.1) is 12.4 Å². The lowest BCUT2D eigenvalue weighted by molar-refractivity contribution is -0.130.